The summed E-state index contributed by atoms with van der Waals surface area (Å²) in [5, 5.41) is 0. The van der Waals surface area contributed by atoms with E-state index in [1.54, 1.807) is 78.2 Å². The fourth-order valence-corrected chi connectivity index (χ4v) is 3.65. The molecule has 0 fully saturated rings. The van der Waals surface area contributed by atoms with E-state index >= 15 is 0 Å². The molecule has 0 aliphatic carbocycles. The van der Waals surface area contributed by atoms with Gasteiger partial charge in [0, 0.05) is 24.8 Å². The minimum Gasteiger partial charge on any atom is -0.462 e. The Labute approximate surface area is 205 Å². The van der Waals surface area contributed by atoms with Gasteiger partial charge in [0.1, 0.15) is 0 Å². The second-order valence-electron chi connectivity index (χ2n) is 7.42. The molecular weight excluding hydrogens is 464 g/mol. The Morgan fingerprint density at radius 3 is 2.36 bits per heavy atom. The molecule has 3 aromatic heterocycles. The van der Waals surface area contributed by atoms with E-state index in [1.807, 2.05) is 12.1 Å². The van der Waals surface area contributed by atoms with Crippen LogP contribution in [0.25, 0.3) is 22.4 Å². The van der Waals surface area contributed by atoms with E-state index < -0.39 is 11.9 Å². The Bertz CT molecular complexity index is 1590. The lowest BCUT2D eigenvalue weighted by Crippen LogP contribution is -2.14. The molecule has 0 atom stereocenters. The molecule has 0 spiro atoms. The van der Waals surface area contributed by atoms with Gasteiger partial charge in [-0.2, -0.15) is 0 Å². The van der Waals surface area contributed by atoms with E-state index in [0.29, 0.717) is 45.8 Å². The number of fused-ring (bicyclic) bond motifs is 3. The van der Waals surface area contributed by atoms with Gasteiger partial charge in [0.15, 0.2) is 0 Å². The van der Waals surface area contributed by atoms with E-state index in [9.17, 15) is 14.4 Å². The van der Waals surface area contributed by atoms with Gasteiger partial charge in [-0.05, 0) is 38.1 Å². The minimum atomic E-state index is -0.455. The quantitative estimate of drug-likeness (QED) is 0.283. The van der Waals surface area contributed by atoms with E-state index in [-0.39, 0.29) is 12.2 Å². The highest BCUT2D eigenvalue weighted by Gasteiger charge is 2.15. The second kappa shape index (κ2) is 10.6. The summed E-state index contributed by atoms with van der Waals surface area (Å²) in [7, 11) is 0. The Balaban J connectivity index is 0.000000170. The number of imidazole rings is 2. The van der Waals surface area contributed by atoms with Crippen LogP contribution in [0.15, 0.2) is 72.3 Å². The third-order valence-electron chi connectivity index (χ3n) is 5.24. The number of carbonyl (C=O) groups is 2. The third-order valence-corrected chi connectivity index (χ3v) is 5.24. The summed E-state index contributed by atoms with van der Waals surface area (Å²) in [6.45, 7) is 4.11. The summed E-state index contributed by atoms with van der Waals surface area (Å²) in [4.78, 5) is 46.0. The van der Waals surface area contributed by atoms with Crippen LogP contribution >= 0.6 is 0 Å². The number of aromatic amines is 1. The zero-order valence-electron chi connectivity index (χ0n) is 19.7. The fraction of sp³-hybridized carbons (Fsp3) is 0.160. The van der Waals surface area contributed by atoms with Gasteiger partial charge in [0.25, 0.3) is 5.56 Å². The largest absolute Gasteiger partial charge is 0.462 e. The lowest BCUT2D eigenvalue weighted by Gasteiger charge is -2.10. The average Bonchev–Trinajstić information content (AvgIpc) is 3.58. The standard InChI is InChI=1S/C13H11N3O3.C12H13N3O2/c1-2-19-13(18)8-4-3-5-9-10(8)15-12(17)11-14-6-7-16(9)11;1-2-17-12(16)9-4-3-5-10(11(9)13)15-7-6-14-8-15/h3-7H,2H2,1H3,(H,15,17);3-8H,2,13H2,1H3. The van der Waals surface area contributed by atoms with Gasteiger partial charge in [0.2, 0.25) is 5.65 Å². The van der Waals surface area contributed by atoms with Crippen LogP contribution < -0.4 is 11.3 Å². The Morgan fingerprint density at radius 1 is 0.972 bits per heavy atom. The smallest absolute Gasteiger partial charge is 0.340 e. The zero-order valence-corrected chi connectivity index (χ0v) is 19.7. The van der Waals surface area contributed by atoms with Gasteiger partial charge in [0.05, 0.1) is 53.1 Å². The number of hydrogen-bond donors (Lipinski definition) is 2. The van der Waals surface area contributed by atoms with E-state index in [0.717, 1.165) is 0 Å². The highest BCUT2D eigenvalue weighted by Crippen LogP contribution is 2.22. The Hall–Kier alpha value is -4.93. The zero-order chi connectivity index (χ0) is 25.7. The van der Waals surface area contributed by atoms with Gasteiger partial charge < -0.3 is 24.8 Å². The van der Waals surface area contributed by atoms with Gasteiger partial charge in [-0.3, -0.25) is 9.20 Å². The number of anilines is 1. The maximum atomic E-state index is 11.9. The maximum Gasteiger partial charge on any atom is 0.340 e. The van der Waals surface area contributed by atoms with Gasteiger partial charge >= 0.3 is 11.9 Å². The van der Waals surface area contributed by atoms with Crippen molar-refractivity contribution >= 4 is 34.3 Å². The van der Waals surface area contributed by atoms with E-state index in [4.69, 9.17) is 15.2 Å². The van der Waals surface area contributed by atoms with Crippen LogP contribution in [0.4, 0.5) is 5.69 Å². The molecule has 3 N–H and O–H groups in total. The first-order chi connectivity index (χ1) is 17.5. The number of carbonyl (C=O) groups excluding carboxylic acids is 2. The van der Waals surface area contributed by atoms with Crippen LogP contribution in [0.3, 0.4) is 0 Å². The van der Waals surface area contributed by atoms with Crippen molar-refractivity contribution < 1.29 is 19.1 Å². The van der Waals surface area contributed by atoms with E-state index in [1.165, 1.54) is 0 Å². The molecule has 11 nitrogen and oxygen atoms in total. The number of nitrogen functional groups attached to an aromatic ring is 1. The Morgan fingerprint density at radius 2 is 1.67 bits per heavy atom. The van der Waals surface area contributed by atoms with Crippen LogP contribution in [-0.4, -0.2) is 49.1 Å². The van der Waals surface area contributed by atoms with Crippen molar-refractivity contribution in [3.05, 3.63) is 89.0 Å². The van der Waals surface area contributed by atoms with Crippen LogP contribution in [-0.2, 0) is 9.47 Å². The highest BCUT2D eigenvalue weighted by molar-refractivity contribution is 6.02. The van der Waals surface area contributed by atoms with Crippen molar-refractivity contribution in [1.82, 2.24) is 23.9 Å². The van der Waals surface area contributed by atoms with Crippen molar-refractivity contribution in [3.8, 4) is 5.69 Å². The molecule has 36 heavy (non-hydrogen) atoms. The number of rotatable bonds is 5. The number of nitrogens with zero attached hydrogens (tertiary/aromatic N) is 4. The molecule has 5 rings (SSSR count). The van der Waals surface area contributed by atoms with Crippen molar-refractivity contribution in [1.29, 1.82) is 0 Å². The number of ether oxygens (including phenoxy) is 2. The first-order valence-corrected chi connectivity index (χ1v) is 11.1. The third kappa shape index (κ3) is 4.67. The van der Waals surface area contributed by atoms with Crippen LogP contribution in [0, 0.1) is 0 Å². The summed E-state index contributed by atoms with van der Waals surface area (Å²) < 4.78 is 13.3. The number of nitrogens with two attached hydrogens (primary N) is 1. The van der Waals surface area contributed by atoms with Gasteiger partial charge in [-0.25, -0.2) is 19.6 Å². The molecule has 11 heteroatoms. The van der Waals surface area contributed by atoms with Crippen LogP contribution in [0.1, 0.15) is 34.6 Å². The number of benzene rings is 2. The minimum absolute atomic E-state index is 0.284. The van der Waals surface area contributed by atoms with Crippen molar-refractivity contribution in [3.63, 3.8) is 0 Å². The first kappa shape index (κ1) is 24.2. The van der Waals surface area contributed by atoms with E-state index in [2.05, 4.69) is 15.0 Å². The lowest BCUT2D eigenvalue weighted by atomic mass is 10.1. The summed E-state index contributed by atoms with van der Waals surface area (Å²) in [6, 6.07) is 10.4. The molecule has 0 saturated heterocycles. The normalized spacial score (nSPS) is 10.6. The summed E-state index contributed by atoms with van der Waals surface area (Å²) >= 11 is 0. The molecule has 3 heterocycles. The maximum absolute atomic E-state index is 11.9. The SMILES string of the molecule is CCOC(=O)c1cccc(-n2ccnc2)c1N.CCOC(=O)c1cccc2c1[nH]c(=O)c1nccn12. The van der Waals surface area contributed by atoms with Crippen LogP contribution in [0.5, 0.6) is 0 Å². The molecular formula is C25H24N6O5. The van der Waals surface area contributed by atoms with Crippen molar-refractivity contribution in [2.24, 2.45) is 0 Å². The predicted octanol–water partition coefficient (Wildman–Crippen LogP) is 2.98. The molecule has 0 saturated carbocycles. The average molecular weight is 489 g/mol. The number of hydrogen-bond acceptors (Lipinski definition) is 8. The number of para-hydroxylation sites is 2. The lowest BCUT2D eigenvalue weighted by molar-refractivity contribution is 0.0518. The molecule has 0 bridgehead atoms. The second-order valence-corrected chi connectivity index (χ2v) is 7.42. The Kier molecular flexibility index (Phi) is 7.10. The molecule has 0 aliphatic rings. The van der Waals surface area contributed by atoms with Crippen molar-refractivity contribution in [2.75, 3.05) is 18.9 Å². The highest BCUT2D eigenvalue weighted by atomic mass is 16.5. The number of aromatic nitrogens is 5. The summed E-state index contributed by atoms with van der Waals surface area (Å²) in [5.41, 5.74) is 8.90. The van der Waals surface area contributed by atoms with Crippen LogP contribution in [0.2, 0.25) is 0 Å². The van der Waals surface area contributed by atoms with Crippen molar-refractivity contribution in [2.45, 2.75) is 13.8 Å². The molecule has 2 aromatic carbocycles. The fourth-order valence-electron chi connectivity index (χ4n) is 3.65. The molecule has 0 amide bonds. The van der Waals surface area contributed by atoms with Gasteiger partial charge in [-0.15, -0.1) is 0 Å². The first-order valence-electron chi connectivity index (χ1n) is 11.1. The summed E-state index contributed by atoms with van der Waals surface area (Å²) in [6.07, 6.45) is 8.26. The topological polar surface area (TPSA) is 147 Å². The number of nitrogens with one attached hydrogen (secondary N) is 1. The monoisotopic (exact) mass is 488 g/mol. The number of esters is 2. The molecule has 5 aromatic rings. The number of H-pyrrole nitrogens is 1. The molecule has 0 aliphatic heterocycles. The molecule has 184 valence electrons. The molecule has 0 radical (unpaired) electrons. The molecule has 0 unspecified atom stereocenters. The predicted molar refractivity (Wildman–Crippen MR) is 133 cm³/mol. The van der Waals surface area contributed by atoms with Gasteiger partial charge in [-0.1, -0.05) is 12.1 Å². The summed E-state index contributed by atoms with van der Waals surface area (Å²) in [5.74, 6) is -0.866.